The lowest BCUT2D eigenvalue weighted by Crippen LogP contribution is -2.48. The van der Waals surface area contributed by atoms with Gasteiger partial charge in [-0.05, 0) is 31.5 Å². The topological polar surface area (TPSA) is 121 Å². The normalized spacial score (nSPS) is 15.4. The molecule has 9 heteroatoms. The van der Waals surface area contributed by atoms with E-state index in [-0.39, 0.29) is 27.9 Å². The summed E-state index contributed by atoms with van der Waals surface area (Å²) in [6.45, 7) is 6.04. The SMILES string of the molecule is Cc1oc(C)c(S(N)(=O)=O)c1C(=O)N1CCN(Cc2ccc(C#N)cc2)CC1. The third kappa shape index (κ3) is 4.09. The van der Waals surface area contributed by atoms with Crippen LogP contribution in [0.1, 0.15) is 33.0 Å². The Hall–Kier alpha value is -2.67. The summed E-state index contributed by atoms with van der Waals surface area (Å²) in [4.78, 5) is 16.5. The Balaban J connectivity index is 1.68. The minimum atomic E-state index is -4.06. The molecule has 1 aromatic carbocycles. The molecular weight excluding hydrogens is 380 g/mol. The minimum absolute atomic E-state index is 0.0283. The molecular formula is C19H22N4O4S. The molecule has 0 spiro atoms. The summed E-state index contributed by atoms with van der Waals surface area (Å²) in [5.41, 5.74) is 1.74. The van der Waals surface area contributed by atoms with E-state index >= 15 is 0 Å². The minimum Gasteiger partial charge on any atom is -0.464 e. The Morgan fingerprint density at radius 3 is 2.29 bits per heavy atom. The van der Waals surface area contributed by atoms with Crippen molar-refractivity contribution in [3.05, 3.63) is 52.5 Å². The Morgan fingerprint density at radius 1 is 1.14 bits per heavy atom. The number of piperazine rings is 1. The van der Waals surface area contributed by atoms with Crippen LogP contribution in [0.25, 0.3) is 0 Å². The molecule has 2 heterocycles. The van der Waals surface area contributed by atoms with E-state index in [0.29, 0.717) is 31.7 Å². The summed E-state index contributed by atoms with van der Waals surface area (Å²) < 4.78 is 29.2. The number of carbonyl (C=O) groups is 1. The van der Waals surface area contributed by atoms with Crippen molar-refractivity contribution in [2.24, 2.45) is 5.14 Å². The fourth-order valence-corrected chi connectivity index (χ4v) is 4.42. The average Bonchev–Trinajstić information content (AvgIpc) is 2.96. The maximum atomic E-state index is 12.9. The van der Waals surface area contributed by atoms with Crippen LogP contribution in [0.5, 0.6) is 0 Å². The van der Waals surface area contributed by atoms with Gasteiger partial charge >= 0.3 is 0 Å². The third-order valence-electron chi connectivity index (χ3n) is 4.85. The molecule has 1 aromatic heterocycles. The first-order chi connectivity index (χ1) is 13.2. The second-order valence-corrected chi connectivity index (χ2v) is 8.34. The maximum absolute atomic E-state index is 12.9. The summed E-state index contributed by atoms with van der Waals surface area (Å²) in [6, 6.07) is 9.51. The number of hydrogen-bond donors (Lipinski definition) is 1. The lowest BCUT2D eigenvalue weighted by atomic mass is 10.1. The predicted octanol–water partition coefficient (Wildman–Crippen LogP) is 1.37. The highest BCUT2D eigenvalue weighted by Gasteiger charge is 2.32. The monoisotopic (exact) mass is 402 g/mol. The quantitative estimate of drug-likeness (QED) is 0.825. The number of hydrogen-bond acceptors (Lipinski definition) is 6. The van der Waals surface area contributed by atoms with Gasteiger partial charge in [-0.3, -0.25) is 9.69 Å². The van der Waals surface area contributed by atoms with Gasteiger partial charge in [0.1, 0.15) is 22.0 Å². The number of sulfonamides is 1. The van der Waals surface area contributed by atoms with Crippen LogP contribution in [-0.4, -0.2) is 50.3 Å². The molecule has 1 amide bonds. The first kappa shape index (κ1) is 20.1. The molecule has 1 saturated heterocycles. The number of nitriles is 1. The van der Waals surface area contributed by atoms with Gasteiger partial charge in [-0.15, -0.1) is 0 Å². The zero-order valence-electron chi connectivity index (χ0n) is 15.8. The summed E-state index contributed by atoms with van der Waals surface area (Å²) >= 11 is 0. The van der Waals surface area contributed by atoms with Gasteiger partial charge in [-0.2, -0.15) is 5.26 Å². The summed E-state index contributed by atoms with van der Waals surface area (Å²) in [7, 11) is -4.06. The van der Waals surface area contributed by atoms with Gasteiger partial charge in [0.05, 0.1) is 11.6 Å². The van der Waals surface area contributed by atoms with Crippen molar-refractivity contribution in [3.63, 3.8) is 0 Å². The molecule has 0 aliphatic carbocycles. The lowest BCUT2D eigenvalue weighted by Gasteiger charge is -2.34. The van der Waals surface area contributed by atoms with Gasteiger partial charge in [-0.25, -0.2) is 13.6 Å². The van der Waals surface area contributed by atoms with Crippen LogP contribution in [-0.2, 0) is 16.6 Å². The van der Waals surface area contributed by atoms with Gasteiger partial charge in [0.2, 0.25) is 10.0 Å². The van der Waals surface area contributed by atoms with E-state index < -0.39 is 10.0 Å². The van der Waals surface area contributed by atoms with Crippen LogP contribution < -0.4 is 5.14 Å². The molecule has 0 unspecified atom stereocenters. The van der Waals surface area contributed by atoms with E-state index in [0.717, 1.165) is 12.1 Å². The number of primary sulfonamides is 1. The molecule has 28 heavy (non-hydrogen) atoms. The molecule has 1 aliphatic heterocycles. The molecule has 0 bridgehead atoms. The molecule has 0 atom stereocenters. The number of rotatable bonds is 4. The Kier molecular flexibility index (Phi) is 5.56. The van der Waals surface area contributed by atoms with Gasteiger partial charge in [0.25, 0.3) is 5.91 Å². The van der Waals surface area contributed by atoms with Gasteiger partial charge in [0.15, 0.2) is 0 Å². The van der Waals surface area contributed by atoms with Gasteiger partial charge in [0, 0.05) is 32.7 Å². The Labute approximate surface area is 164 Å². The van der Waals surface area contributed by atoms with E-state index in [9.17, 15) is 13.2 Å². The number of aryl methyl sites for hydroxylation is 2. The molecule has 1 fully saturated rings. The molecule has 1 aliphatic rings. The molecule has 2 N–H and O–H groups in total. The first-order valence-electron chi connectivity index (χ1n) is 8.84. The van der Waals surface area contributed by atoms with Crippen molar-refractivity contribution in [1.82, 2.24) is 9.80 Å². The second kappa shape index (κ2) is 7.75. The van der Waals surface area contributed by atoms with Crippen LogP contribution in [0.15, 0.2) is 33.6 Å². The van der Waals surface area contributed by atoms with Crippen molar-refractivity contribution in [2.75, 3.05) is 26.2 Å². The van der Waals surface area contributed by atoms with Crippen molar-refractivity contribution >= 4 is 15.9 Å². The zero-order chi connectivity index (χ0) is 20.5. The maximum Gasteiger partial charge on any atom is 0.258 e. The molecule has 2 aromatic rings. The Bertz CT molecular complexity index is 1030. The number of nitrogens with two attached hydrogens (primary N) is 1. The molecule has 0 radical (unpaired) electrons. The number of benzene rings is 1. The van der Waals surface area contributed by atoms with Crippen LogP contribution in [0.4, 0.5) is 0 Å². The van der Waals surface area contributed by atoms with Gasteiger partial charge in [-0.1, -0.05) is 12.1 Å². The van der Waals surface area contributed by atoms with Crippen molar-refractivity contribution in [1.29, 1.82) is 5.26 Å². The summed E-state index contributed by atoms with van der Waals surface area (Å²) in [5, 5.41) is 14.1. The van der Waals surface area contributed by atoms with E-state index in [1.165, 1.54) is 6.92 Å². The van der Waals surface area contributed by atoms with E-state index in [1.54, 1.807) is 24.0 Å². The van der Waals surface area contributed by atoms with Crippen LogP contribution >= 0.6 is 0 Å². The zero-order valence-corrected chi connectivity index (χ0v) is 16.6. The summed E-state index contributed by atoms with van der Waals surface area (Å²) in [6.07, 6.45) is 0. The van der Waals surface area contributed by atoms with E-state index in [4.69, 9.17) is 14.8 Å². The standard InChI is InChI=1S/C19H22N4O4S/c1-13-17(18(14(2)27-13)28(21,25)26)19(24)23-9-7-22(8-10-23)12-16-5-3-15(11-20)4-6-16/h3-6H,7-10,12H2,1-2H3,(H2,21,25,26). The molecule has 3 rings (SSSR count). The first-order valence-corrected chi connectivity index (χ1v) is 10.4. The summed E-state index contributed by atoms with van der Waals surface area (Å²) in [5.74, 6) is 0.00531. The van der Waals surface area contributed by atoms with Crippen LogP contribution in [0, 0.1) is 25.2 Å². The van der Waals surface area contributed by atoms with E-state index in [1.807, 2.05) is 12.1 Å². The average molecular weight is 402 g/mol. The van der Waals surface area contributed by atoms with E-state index in [2.05, 4.69) is 11.0 Å². The lowest BCUT2D eigenvalue weighted by molar-refractivity contribution is 0.0623. The third-order valence-corrected chi connectivity index (χ3v) is 5.91. The smallest absolute Gasteiger partial charge is 0.258 e. The highest BCUT2D eigenvalue weighted by molar-refractivity contribution is 7.89. The largest absolute Gasteiger partial charge is 0.464 e. The van der Waals surface area contributed by atoms with Crippen LogP contribution in [0.2, 0.25) is 0 Å². The predicted molar refractivity (Wildman–Crippen MR) is 102 cm³/mol. The number of furan rings is 1. The highest BCUT2D eigenvalue weighted by atomic mass is 32.2. The Morgan fingerprint density at radius 2 is 1.75 bits per heavy atom. The van der Waals surface area contributed by atoms with Crippen molar-refractivity contribution in [3.8, 4) is 6.07 Å². The molecule has 8 nitrogen and oxygen atoms in total. The highest BCUT2D eigenvalue weighted by Crippen LogP contribution is 2.27. The number of nitrogens with zero attached hydrogens (tertiary/aromatic N) is 3. The number of carbonyl (C=O) groups excluding carboxylic acids is 1. The number of amides is 1. The second-order valence-electron chi connectivity index (χ2n) is 6.84. The molecule has 148 valence electrons. The fourth-order valence-electron chi connectivity index (χ4n) is 3.46. The fraction of sp³-hybridized carbons (Fsp3) is 0.368. The van der Waals surface area contributed by atoms with Crippen LogP contribution in [0.3, 0.4) is 0 Å². The van der Waals surface area contributed by atoms with Crippen molar-refractivity contribution < 1.29 is 17.6 Å². The van der Waals surface area contributed by atoms with Crippen molar-refractivity contribution in [2.45, 2.75) is 25.3 Å². The molecule has 0 saturated carbocycles. The van der Waals surface area contributed by atoms with Gasteiger partial charge < -0.3 is 9.32 Å².